The summed E-state index contributed by atoms with van der Waals surface area (Å²) in [4.78, 5) is 18.6. The molecule has 9 heteroatoms. The predicted molar refractivity (Wildman–Crippen MR) is 108 cm³/mol. The van der Waals surface area contributed by atoms with E-state index in [1.165, 1.54) is 42.7 Å². The Morgan fingerprint density at radius 1 is 1.17 bits per heavy atom. The van der Waals surface area contributed by atoms with E-state index < -0.39 is 10.0 Å². The van der Waals surface area contributed by atoms with Crippen LogP contribution in [0.3, 0.4) is 0 Å². The first kappa shape index (κ1) is 20.8. The summed E-state index contributed by atoms with van der Waals surface area (Å²) >= 11 is 0. The van der Waals surface area contributed by atoms with Crippen LogP contribution in [0.2, 0.25) is 0 Å². The zero-order valence-electron chi connectivity index (χ0n) is 17.3. The van der Waals surface area contributed by atoms with E-state index in [0.717, 1.165) is 19.3 Å². The van der Waals surface area contributed by atoms with Crippen LogP contribution in [-0.2, 0) is 21.2 Å². The summed E-state index contributed by atoms with van der Waals surface area (Å²) in [5.41, 5.74) is 0. The van der Waals surface area contributed by atoms with Gasteiger partial charge in [-0.1, -0.05) is 37.3 Å². The topological polar surface area (TPSA) is 96.6 Å². The highest BCUT2D eigenvalue weighted by Crippen LogP contribution is 2.38. The van der Waals surface area contributed by atoms with E-state index in [2.05, 4.69) is 10.1 Å². The van der Waals surface area contributed by atoms with Gasteiger partial charge in [-0.05, 0) is 25.2 Å². The first-order valence-electron chi connectivity index (χ1n) is 11.0. The van der Waals surface area contributed by atoms with Crippen LogP contribution in [0, 0.1) is 5.92 Å². The van der Waals surface area contributed by atoms with E-state index >= 15 is 0 Å². The fourth-order valence-electron chi connectivity index (χ4n) is 4.50. The second-order valence-electron chi connectivity index (χ2n) is 8.94. The molecule has 2 heterocycles. The smallest absolute Gasteiger partial charge is 0.229 e. The Labute approximate surface area is 173 Å². The molecule has 3 aliphatic rings. The van der Waals surface area contributed by atoms with Gasteiger partial charge in [0.15, 0.2) is 5.82 Å². The van der Waals surface area contributed by atoms with Crippen LogP contribution in [-0.4, -0.2) is 65.6 Å². The van der Waals surface area contributed by atoms with Gasteiger partial charge >= 0.3 is 0 Å². The Kier molecular flexibility index (Phi) is 6.24. The normalized spacial score (nSPS) is 21.5. The number of sulfonamides is 1. The molecular weight excluding hydrogens is 392 g/mol. The summed E-state index contributed by atoms with van der Waals surface area (Å²) in [7, 11) is -3.36. The molecule has 1 aliphatic heterocycles. The third-order valence-electron chi connectivity index (χ3n) is 6.51. The Hall–Kier alpha value is -1.48. The van der Waals surface area contributed by atoms with Crippen LogP contribution in [0.4, 0.5) is 0 Å². The van der Waals surface area contributed by atoms with E-state index in [1.807, 2.05) is 0 Å². The molecule has 0 unspecified atom stereocenters. The highest BCUT2D eigenvalue weighted by molar-refractivity contribution is 7.88. The van der Waals surface area contributed by atoms with E-state index in [9.17, 15) is 13.2 Å². The Morgan fingerprint density at radius 2 is 1.90 bits per heavy atom. The molecule has 0 spiro atoms. The standard InChI is InChI=1S/C20H32N4O4S/c1-29(26,27)24(12-11-18-21-20(28-22-18)16-8-9-16)17-13-23(14-17)19(25)10-7-15-5-3-2-4-6-15/h15-17H,2-14H2,1H3. The molecule has 1 aromatic heterocycles. The second-order valence-corrected chi connectivity index (χ2v) is 10.9. The third-order valence-corrected chi connectivity index (χ3v) is 7.84. The lowest BCUT2D eigenvalue weighted by Gasteiger charge is -2.44. The van der Waals surface area contributed by atoms with Gasteiger partial charge in [0, 0.05) is 38.4 Å². The van der Waals surface area contributed by atoms with Crippen LogP contribution in [0.1, 0.15) is 75.4 Å². The number of nitrogens with zero attached hydrogens (tertiary/aromatic N) is 4. The fraction of sp³-hybridized carbons (Fsp3) is 0.850. The summed E-state index contributed by atoms with van der Waals surface area (Å²) in [5, 5.41) is 3.97. The average Bonchev–Trinajstić information content (AvgIpc) is 3.40. The van der Waals surface area contributed by atoms with Crippen molar-refractivity contribution in [1.29, 1.82) is 0 Å². The highest BCUT2D eigenvalue weighted by atomic mass is 32.2. The number of likely N-dealkylation sites (tertiary alicyclic amines) is 1. The van der Waals surface area contributed by atoms with Crippen molar-refractivity contribution in [3.8, 4) is 0 Å². The van der Waals surface area contributed by atoms with Crippen molar-refractivity contribution in [2.75, 3.05) is 25.9 Å². The largest absolute Gasteiger partial charge is 0.339 e. The second kappa shape index (κ2) is 8.71. The van der Waals surface area contributed by atoms with Crippen molar-refractivity contribution in [2.24, 2.45) is 5.92 Å². The molecule has 3 fully saturated rings. The quantitative estimate of drug-likeness (QED) is 0.604. The molecule has 29 heavy (non-hydrogen) atoms. The van der Waals surface area contributed by atoms with Crippen molar-refractivity contribution in [3.63, 3.8) is 0 Å². The van der Waals surface area contributed by atoms with Crippen molar-refractivity contribution in [2.45, 2.75) is 76.2 Å². The number of rotatable bonds is 9. The lowest BCUT2D eigenvalue weighted by atomic mass is 9.86. The van der Waals surface area contributed by atoms with Gasteiger partial charge in [-0.3, -0.25) is 4.79 Å². The molecular formula is C20H32N4O4S. The van der Waals surface area contributed by atoms with Crippen LogP contribution in [0.25, 0.3) is 0 Å². The Bertz CT molecular complexity index is 808. The number of amides is 1. The van der Waals surface area contributed by atoms with Crippen LogP contribution < -0.4 is 0 Å². The molecule has 1 saturated heterocycles. The van der Waals surface area contributed by atoms with Crippen molar-refractivity contribution < 1.29 is 17.7 Å². The van der Waals surface area contributed by atoms with Crippen LogP contribution in [0.15, 0.2) is 4.52 Å². The number of carbonyl (C=O) groups is 1. The molecule has 2 saturated carbocycles. The summed E-state index contributed by atoms with van der Waals surface area (Å²) in [6.07, 6.45) is 11.8. The third kappa shape index (κ3) is 5.36. The molecule has 1 amide bonds. The van der Waals surface area contributed by atoms with Gasteiger partial charge in [0.05, 0.1) is 12.3 Å². The lowest BCUT2D eigenvalue weighted by Crippen LogP contribution is -2.62. The minimum absolute atomic E-state index is 0.154. The molecule has 2 aliphatic carbocycles. The molecule has 1 aromatic rings. The Balaban J connectivity index is 1.24. The first-order valence-corrected chi connectivity index (χ1v) is 12.8. The number of carbonyl (C=O) groups excluding carboxylic acids is 1. The van der Waals surface area contributed by atoms with Crippen LogP contribution in [0.5, 0.6) is 0 Å². The SMILES string of the molecule is CS(=O)(=O)N(CCc1noc(C2CC2)n1)C1CN(C(=O)CCC2CCCCC2)C1. The minimum atomic E-state index is -3.36. The average molecular weight is 425 g/mol. The molecule has 162 valence electrons. The number of hydrogen-bond acceptors (Lipinski definition) is 6. The summed E-state index contributed by atoms with van der Waals surface area (Å²) < 4.78 is 31.3. The molecule has 8 nitrogen and oxygen atoms in total. The molecule has 0 N–H and O–H groups in total. The van der Waals surface area contributed by atoms with Gasteiger partial charge in [-0.15, -0.1) is 0 Å². The van der Waals surface area contributed by atoms with Crippen molar-refractivity contribution in [1.82, 2.24) is 19.3 Å². The fourth-order valence-corrected chi connectivity index (χ4v) is 5.59. The van der Waals surface area contributed by atoms with Gasteiger partial charge in [0.25, 0.3) is 0 Å². The maximum Gasteiger partial charge on any atom is 0.229 e. The van der Waals surface area contributed by atoms with Gasteiger partial charge in [-0.25, -0.2) is 8.42 Å². The van der Waals surface area contributed by atoms with Gasteiger partial charge in [0.2, 0.25) is 21.8 Å². The lowest BCUT2D eigenvalue weighted by molar-refractivity contribution is -0.137. The molecule has 0 radical (unpaired) electrons. The van der Waals surface area contributed by atoms with Crippen molar-refractivity contribution in [3.05, 3.63) is 11.7 Å². The predicted octanol–water partition coefficient (Wildman–Crippen LogP) is 2.32. The zero-order chi connectivity index (χ0) is 20.4. The van der Waals surface area contributed by atoms with Crippen LogP contribution >= 0.6 is 0 Å². The summed E-state index contributed by atoms with van der Waals surface area (Å²) in [5.74, 6) is 2.46. The maximum atomic E-state index is 12.5. The van der Waals surface area contributed by atoms with Gasteiger partial charge in [0.1, 0.15) is 0 Å². The van der Waals surface area contributed by atoms with E-state index in [1.54, 1.807) is 4.90 Å². The Morgan fingerprint density at radius 3 is 2.55 bits per heavy atom. The summed E-state index contributed by atoms with van der Waals surface area (Å²) in [6, 6.07) is -0.154. The van der Waals surface area contributed by atoms with Gasteiger partial charge in [-0.2, -0.15) is 9.29 Å². The monoisotopic (exact) mass is 424 g/mol. The van der Waals surface area contributed by atoms with E-state index in [0.29, 0.717) is 56.0 Å². The number of hydrogen-bond donors (Lipinski definition) is 0. The van der Waals surface area contributed by atoms with Gasteiger partial charge < -0.3 is 9.42 Å². The van der Waals surface area contributed by atoms with E-state index in [-0.39, 0.29) is 11.9 Å². The summed E-state index contributed by atoms with van der Waals surface area (Å²) in [6.45, 7) is 1.28. The highest BCUT2D eigenvalue weighted by Gasteiger charge is 2.38. The number of aromatic nitrogens is 2. The molecule has 0 aromatic carbocycles. The minimum Gasteiger partial charge on any atom is -0.339 e. The maximum absolute atomic E-state index is 12.5. The first-order chi connectivity index (χ1) is 13.9. The molecule has 0 atom stereocenters. The zero-order valence-corrected chi connectivity index (χ0v) is 18.1. The molecule has 0 bridgehead atoms. The molecule has 4 rings (SSSR count). The van der Waals surface area contributed by atoms with Crippen molar-refractivity contribution >= 4 is 15.9 Å². The van der Waals surface area contributed by atoms with E-state index in [4.69, 9.17) is 4.52 Å².